The molecule has 142 valence electrons. The maximum atomic E-state index is 12.4. The highest BCUT2D eigenvalue weighted by atomic mass is 35.5. The number of anilines is 1. The molecule has 0 bridgehead atoms. The van der Waals surface area contributed by atoms with Gasteiger partial charge in [0.15, 0.2) is 5.69 Å². The quantitative estimate of drug-likeness (QED) is 0.742. The molecule has 1 aliphatic heterocycles. The van der Waals surface area contributed by atoms with Gasteiger partial charge in [-0.3, -0.25) is 9.59 Å². The minimum absolute atomic E-state index is 0.154. The van der Waals surface area contributed by atoms with Gasteiger partial charge in [-0.1, -0.05) is 29.8 Å². The number of halogens is 1. The maximum absolute atomic E-state index is 12.4. The highest BCUT2D eigenvalue weighted by Crippen LogP contribution is 2.19. The van der Waals surface area contributed by atoms with E-state index in [1.165, 1.54) is 12.6 Å². The van der Waals surface area contributed by atoms with E-state index < -0.39 is 0 Å². The number of piperidine rings is 1. The number of amides is 2. The number of aromatic nitrogens is 2. The van der Waals surface area contributed by atoms with Crippen molar-refractivity contribution in [1.82, 2.24) is 20.6 Å². The summed E-state index contributed by atoms with van der Waals surface area (Å²) in [6.45, 7) is 2.35. The number of benzene rings is 1. The first-order valence-electron chi connectivity index (χ1n) is 9.04. The zero-order valence-corrected chi connectivity index (χ0v) is 15.7. The van der Waals surface area contributed by atoms with Crippen LogP contribution in [0.25, 0.3) is 0 Å². The zero-order valence-electron chi connectivity index (χ0n) is 14.9. The monoisotopic (exact) mass is 387 g/mol. The Balaban J connectivity index is 1.52. The van der Waals surface area contributed by atoms with Crippen LogP contribution in [0.5, 0.6) is 0 Å². The van der Waals surface area contributed by atoms with E-state index in [1.807, 2.05) is 6.07 Å². The van der Waals surface area contributed by atoms with Crippen molar-refractivity contribution in [3.05, 3.63) is 52.8 Å². The third kappa shape index (κ3) is 5.17. The summed E-state index contributed by atoms with van der Waals surface area (Å²) in [6.07, 6.45) is 4.85. The molecule has 8 heteroatoms. The second-order valence-electron chi connectivity index (χ2n) is 6.29. The van der Waals surface area contributed by atoms with Gasteiger partial charge in [0.05, 0.1) is 11.2 Å². The molecule has 0 spiro atoms. The first-order valence-corrected chi connectivity index (χ1v) is 9.42. The SMILES string of the molecule is O=C(NCCNC(=O)c1nc(N2CCCCC2)ncc1Cl)c1ccccc1. The molecule has 0 atom stereocenters. The van der Waals surface area contributed by atoms with Crippen molar-refractivity contribution in [1.29, 1.82) is 0 Å². The number of rotatable bonds is 6. The average Bonchev–Trinajstić information content (AvgIpc) is 2.72. The molecule has 7 nitrogen and oxygen atoms in total. The van der Waals surface area contributed by atoms with E-state index in [4.69, 9.17) is 11.6 Å². The van der Waals surface area contributed by atoms with Crippen LogP contribution in [0.15, 0.2) is 36.5 Å². The van der Waals surface area contributed by atoms with E-state index in [2.05, 4.69) is 25.5 Å². The number of nitrogens with zero attached hydrogens (tertiary/aromatic N) is 3. The van der Waals surface area contributed by atoms with Gasteiger partial charge in [-0.25, -0.2) is 9.97 Å². The van der Waals surface area contributed by atoms with Crippen LogP contribution >= 0.6 is 11.6 Å². The van der Waals surface area contributed by atoms with Crippen LogP contribution < -0.4 is 15.5 Å². The van der Waals surface area contributed by atoms with E-state index in [1.54, 1.807) is 24.3 Å². The van der Waals surface area contributed by atoms with Crippen LogP contribution in [0.2, 0.25) is 5.02 Å². The van der Waals surface area contributed by atoms with E-state index in [9.17, 15) is 9.59 Å². The van der Waals surface area contributed by atoms with Gasteiger partial charge < -0.3 is 15.5 Å². The molecular weight excluding hydrogens is 366 g/mol. The normalized spacial score (nSPS) is 13.9. The van der Waals surface area contributed by atoms with Crippen LogP contribution in [0.1, 0.15) is 40.1 Å². The van der Waals surface area contributed by atoms with Gasteiger partial charge in [0.2, 0.25) is 5.95 Å². The predicted octanol–water partition coefficient (Wildman–Crippen LogP) is 2.28. The summed E-state index contributed by atoms with van der Waals surface area (Å²) < 4.78 is 0. The summed E-state index contributed by atoms with van der Waals surface area (Å²) >= 11 is 6.10. The molecule has 1 saturated heterocycles. The lowest BCUT2D eigenvalue weighted by molar-refractivity contribution is 0.0925. The number of hydrogen-bond donors (Lipinski definition) is 2. The Morgan fingerprint density at radius 3 is 2.37 bits per heavy atom. The van der Waals surface area contributed by atoms with Crippen LogP contribution in [-0.4, -0.2) is 48.0 Å². The number of hydrogen-bond acceptors (Lipinski definition) is 5. The second-order valence-corrected chi connectivity index (χ2v) is 6.70. The van der Waals surface area contributed by atoms with Gasteiger partial charge in [0.1, 0.15) is 0 Å². The van der Waals surface area contributed by atoms with Crippen molar-refractivity contribution in [2.24, 2.45) is 0 Å². The van der Waals surface area contributed by atoms with Gasteiger partial charge in [0, 0.05) is 31.7 Å². The summed E-state index contributed by atoms with van der Waals surface area (Å²) in [5.41, 5.74) is 0.732. The Hall–Kier alpha value is -2.67. The summed E-state index contributed by atoms with van der Waals surface area (Å²) in [4.78, 5) is 35.0. The fraction of sp³-hybridized carbons (Fsp3) is 0.368. The largest absolute Gasteiger partial charge is 0.350 e. The van der Waals surface area contributed by atoms with Crippen molar-refractivity contribution in [2.45, 2.75) is 19.3 Å². The minimum Gasteiger partial charge on any atom is -0.350 e. The van der Waals surface area contributed by atoms with Gasteiger partial charge in [-0.15, -0.1) is 0 Å². The van der Waals surface area contributed by atoms with Crippen molar-refractivity contribution in [2.75, 3.05) is 31.1 Å². The van der Waals surface area contributed by atoms with E-state index >= 15 is 0 Å². The molecule has 2 N–H and O–H groups in total. The third-order valence-electron chi connectivity index (χ3n) is 4.32. The topological polar surface area (TPSA) is 87.2 Å². The standard InChI is InChI=1S/C19H22ClN5O2/c20-15-13-23-19(25-11-5-2-6-12-25)24-16(15)18(27)22-10-9-21-17(26)14-7-3-1-4-8-14/h1,3-4,7-8,13H,2,5-6,9-12H2,(H,21,26)(H,22,27). The Morgan fingerprint density at radius 1 is 1.00 bits per heavy atom. The van der Waals surface area contributed by atoms with Crippen molar-refractivity contribution < 1.29 is 9.59 Å². The molecule has 1 fully saturated rings. The van der Waals surface area contributed by atoms with Crippen LogP contribution in [-0.2, 0) is 0 Å². The minimum atomic E-state index is -0.380. The molecule has 2 heterocycles. The van der Waals surface area contributed by atoms with Gasteiger partial charge in [-0.05, 0) is 31.4 Å². The molecule has 0 unspecified atom stereocenters. The smallest absolute Gasteiger partial charge is 0.271 e. The second kappa shape index (κ2) is 9.32. The molecule has 1 aromatic carbocycles. The lowest BCUT2D eigenvalue weighted by Crippen LogP contribution is -2.36. The zero-order chi connectivity index (χ0) is 19.1. The lowest BCUT2D eigenvalue weighted by atomic mass is 10.1. The first kappa shape index (κ1) is 19.1. The Bertz CT molecular complexity index is 794. The van der Waals surface area contributed by atoms with Crippen LogP contribution in [0, 0.1) is 0 Å². The van der Waals surface area contributed by atoms with Crippen LogP contribution in [0.3, 0.4) is 0 Å². The molecule has 1 aromatic heterocycles. The maximum Gasteiger partial charge on any atom is 0.271 e. The Labute approximate surface area is 163 Å². The van der Waals surface area contributed by atoms with Crippen molar-refractivity contribution in [3.8, 4) is 0 Å². The fourth-order valence-electron chi connectivity index (χ4n) is 2.89. The fourth-order valence-corrected chi connectivity index (χ4v) is 3.07. The Morgan fingerprint density at radius 2 is 1.67 bits per heavy atom. The first-order chi connectivity index (χ1) is 13.1. The Kier molecular flexibility index (Phi) is 6.59. The molecule has 3 rings (SSSR count). The predicted molar refractivity (Wildman–Crippen MR) is 104 cm³/mol. The molecule has 2 aromatic rings. The molecular formula is C19H22ClN5O2. The molecule has 0 radical (unpaired) electrons. The number of nitrogens with one attached hydrogen (secondary N) is 2. The van der Waals surface area contributed by atoms with Gasteiger partial charge >= 0.3 is 0 Å². The van der Waals surface area contributed by atoms with Crippen molar-refractivity contribution in [3.63, 3.8) is 0 Å². The summed E-state index contributed by atoms with van der Waals surface area (Å²) in [5, 5.41) is 5.70. The summed E-state index contributed by atoms with van der Waals surface area (Å²) in [7, 11) is 0. The summed E-state index contributed by atoms with van der Waals surface area (Å²) in [6, 6.07) is 8.91. The summed E-state index contributed by atoms with van der Waals surface area (Å²) in [5.74, 6) is -0.0337. The molecule has 0 aliphatic carbocycles. The van der Waals surface area contributed by atoms with Gasteiger partial charge in [0.25, 0.3) is 11.8 Å². The number of carbonyl (C=O) groups excluding carboxylic acids is 2. The van der Waals surface area contributed by atoms with E-state index in [0.717, 1.165) is 25.9 Å². The van der Waals surface area contributed by atoms with Gasteiger partial charge in [-0.2, -0.15) is 0 Å². The highest BCUT2D eigenvalue weighted by Gasteiger charge is 2.18. The third-order valence-corrected chi connectivity index (χ3v) is 4.59. The van der Waals surface area contributed by atoms with E-state index in [0.29, 0.717) is 18.1 Å². The molecule has 27 heavy (non-hydrogen) atoms. The average molecular weight is 388 g/mol. The van der Waals surface area contributed by atoms with Crippen LogP contribution in [0.4, 0.5) is 5.95 Å². The molecule has 2 amide bonds. The lowest BCUT2D eigenvalue weighted by Gasteiger charge is -2.26. The van der Waals surface area contributed by atoms with E-state index in [-0.39, 0.29) is 29.1 Å². The number of carbonyl (C=O) groups is 2. The molecule has 1 aliphatic rings. The van der Waals surface area contributed by atoms with Crippen molar-refractivity contribution >= 4 is 29.4 Å². The molecule has 0 saturated carbocycles. The highest BCUT2D eigenvalue weighted by molar-refractivity contribution is 6.33.